The number of carbonyl (C=O) groups excluding carboxylic acids is 2. The molecule has 0 aromatic carbocycles. The van der Waals surface area contributed by atoms with Gasteiger partial charge in [0, 0.05) is 12.8 Å². The molecule has 1 N–H and O–H groups in total. The highest BCUT2D eigenvalue weighted by molar-refractivity contribution is 7.45. The van der Waals surface area contributed by atoms with Gasteiger partial charge in [-0.2, -0.15) is 0 Å². The zero-order valence-electron chi connectivity index (χ0n) is 45.2. The van der Waals surface area contributed by atoms with Crippen LogP contribution in [0.5, 0.6) is 0 Å². The lowest BCUT2D eigenvalue weighted by atomic mass is 10.1. The van der Waals surface area contributed by atoms with Crippen LogP contribution in [0.2, 0.25) is 0 Å². The van der Waals surface area contributed by atoms with Crippen LogP contribution in [0.3, 0.4) is 0 Å². The number of allylic oxidation sites excluding steroid dienone is 19. The number of esters is 1. The maximum absolute atomic E-state index is 13.4. The number of nitrogens with one attached hydrogen (secondary N) is 1. The van der Waals surface area contributed by atoms with Gasteiger partial charge in [0.15, 0.2) is 0 Å². The smallest absolute Gasteiger partial charge is 0.306 e. The monoisotopic (exact) mass is 993 g/mol. The van der Waals surface area contributed by atoms with E-state index < -0.39 is 32.5 Å². The second-order valence-electron chi connectivity index (χ2n) is 19.0. The Morgan fingerprint density at radius 3 is 1.40 bits per heavy atom. The summed E-state index contributed by atoms with van der Waals surface area (Å²) in [4.78, 5) is 39.7. The molecular weight excluding hydrogens is 892 g/mol. The van der Waals surface area contributed by atoms with Crippen molar-refractivity contribution in [1.82, 2.24) is 5.32 Å². The van der Waals surface area contributed by atoms with Crippen LogP contribution >= 0.6 is 7.82 Å². The van der Waals surface area contributed by atoms with Crippen LogP contribution in [0, 0.1) is 0 Å². The second-order valence-corrected chi connectivity index (χ2v) is 20.4. The van der Waals surface area contributed by atoms with E-state index in [1.807, 2.05) is 39.4 Å². The Hall–Kier alpha value is -3.59. The normalized spacial score (nSPS) is 14.8. The molecule has 0 aromatic heterocycles. The molecule has 10 heteroatoms. The summed E-state index contributed by atoms with van der Waals surface area (Å²) >= 11 is 0. The quantitative estimate of drug-likeness (QED) is 0.0212. The first-order valence-corrected chi connectivity index (χ1v) is 28.8. The maximum Gasteiger partial charge on any atom is 0.306 e. The number of nitrogens with zero attached hydrogens (tertiary/aromatic N) is 1. The van der Waals surface area contributed by atoms with Gasteiger partial charge >= 0.3 is 5.97 Å². The van der Waals surface area contributed by atoms with Gasteiger partial charge in [0.1, 0.15) is 19.3 Å². The Balaban J connectivity index is 5.52. The number of phosphoric acid groups is 1. The van der Waals surface area contributed by atoms with Crippen molar-refractivity contribution in [2.24, 2.45) is 0 Å². The molecule has 0 aliphatic rings. The summed E-state index contributed by atoms with van der Waals surface area (Å²) in [5.41, 5.74) is 0. The minimum Gasteiger partial charge on any atom is -0.756 e. The van der Waals surface area contributed by atoms with E-state index in [4.69, 9.17) is 13.8 Å². The molecule has 3 atom stereocenters. The summed E-state index contributed by atoms with van der Waals surface area (Å²) < 4.78 is 30.1. The highest BCUT2D eigenvalue weighted by Gasteiger charge is 2.27. The first-order chi connectivity index (χ1) is 33.9. The molecule has 70 heavy (non-hydrogen) atoms. The highest BCUT2D eigenvalue weighted by atomic mass is 31.2. The molecule has 0 aromatic rings. The van der Waals surface area contributed by atoms with E-state index in [1.165, 1.54) is 44.9 Å². The van der Waals surface area contributed by atoms with Crippen molar-refractivity contribution in [3.05, 3.63) is 122 Å². The molecule has 0 aliphatic carbocycles. The standard InChI is InChI=1S/C60H101N2O7P/c1-7-10-13-16-19-22-25-27-29-30-31-32-33-35-38-41-44-47-50-53-60(64)69-58(51-48-45-42-39-36-24-21-18-15-12-9-3)57(56-68-70(65,66)67-55-54-62(4,5)6)61-59(63)52-49-46-43-40-37-34-28-26-23-20-17-14-11-8-2/h10-11,13-14,19-20,22-23,27-29,31-32,34-35,38,44,47-48,51,57-58H,7-9,12,15-18,21,24-26,30,33,36-37,39-43,45-46,49-50,52-56H2,1-6H3,(H-,61,63,65,66)/b13-10-,14-11+,22-19-,23-20+,29-27-,32-31-,34-28+,38-35-,47-44-,51-48+. The number of quaternary nitrogens is 1. The Morgan fingerprint density at radius 2 is 0.929 bits per heavy atom. The summed E-state index contributed by atoms with van der Waals surface area (Å²) in [6.45, 7) is 6.50. The van der Waals surface area contributed by atoms with Gasteiger partial charge in [0.25, 0.3) is 7.82 Å². The predicted molar refractivity (Wildman–Crippen MR) is 297 cm³/mol. The first kappa shape index (κ1) is 66.4. The van der Waals surface area contributed by atoms with Gasteiger partial charge in [-0.1, -0.05) is 200 Å². The average molecular weight is 993 g/mol. The number of carbonyl (C=O) groups is 2. The molecule has 0 fully saturated rings. The van der Waals surface area contributed by atoms with Crippen molar-refractivity contribution in [3.63, 3.8) is 0 Å². The van der Waals surface area contributed by atoms with E-state index in [9.17, 15) is 19.0 Å². The molecule has 0 spiro atoms. The Labute approximate surface area is 429 Å². The molecule has 398 valence electrons. The first-order valence-electron chi connectivity index (χ1n) is 27.3. The number of hydrogen-bond acceptors (Lipinski definition) is 7. The van der Waals surface area contributed by atoms with Gasteiger partial charge in [0.05, 0.1) is 33.8 Å². The molecule has 0 saturated carbocycles. The third-order valence-electron chi connectivity index (χ3n) is 11.2. The van der Waals surface area contributed by atoms with Crippen LogP contribution in [-0.2, 0) is 27.9 Å². The highest BCUT2D eigenvalue weighted by Crippen LogP contribution is 2.38. The van der Waals surface area contributed by atoms with Crippen LogP contribution in [0.1, 0.15) is 194 Å². The number of hydrogen-bond donors (Lipinski definition) is 1. The fraction of sp³-hybridized carbons (Fsp3) is 0.633. The average Bonchev–Trinajstić information content (AvgIpc) is 3.32. The third kappa shape index (κ3) is 49.4. The molecule has 0 saturated heterocycles. The predicted octanol–water partition coefficient (Wildman–Crippen LogP) is 15.7. The fourth-order valence-electron chi connectivity index (χ4n) is 6.97. The maximum atomic E-state index is 13.4. The van der Waals surface area contributed by atoms with Crippen molar-refractivity contribution in [1.29, 1.82) is 0 Å². The van der Waals surface area contributed by atoms with Crippen molar-refractivity contribution in [2.75, 3.05) is 40.9 Å². The molecule has 0 rings (SSSR count). The Kier molecular flexibility index (Phi) is 46.5. The van der Waals surface area contributed by atoms with Gasteiger partial charge in [-0.05, 0) is 102 Å². The molecule has 0 heterocycles. The number of unbranched alkanes of at least 4 members (excludes halogenated alkanes) is 13. The van der Waals surface area contributed by atoms with E-state index in [1.54, 1.807) is 6.08 Å². The molecule has 0 bridgehead atoms. The number of ether oxygens (including phenoxy) is 1. The summed E-state index contributed by atoms with van der Waals surface area (Å²) in [7, 11) is 1.11. The number of rotatable bonds is 47. The van der Waals surface area contributed by atoms with Gasteiger partial charge in [-0.15, -0.1) is 0 Å². The SMILES string of the molecule is CC/C=C\C/C=C\C/C=C\C/C=C\C/C=C\C/C=C\CCC(=O)OC(/C=C/CCCCCCCCCCC)C(COP(=O)([O-])OCC[N+](C)(C)C)NC(=O)CCCCCC/C=C/C/C=C/C/C=C/CC. The molecule has 9 nitrogen and oxygen atoms in total. The fourth-order valence-corrected chi connectivity index (χ4v) is 7.69. The van der Waals surface area contributed by atoms with E-state index in [-0.39, 0.29) is 25.4 Å². The minimum atomic E-state index is -4.72. The summed E-state index contributed by atoms with van der Waals surface area (Å²) in [5, 5.41) is 2.97. The van der Waals surface area contributed by atoms with E-state index in [0.29, 0.717) is 23.9 Å². The van der Waals surface area contributed by atoms with Gasteiger partial charge in [-0.25, -0.2) is 0 Å². The van der Waals surface area contributed by atoms with E-state index >= 15 is 0 Å². The van der Waals surface area contributed by atoms with Gasteiger partial charge in [0.2, 0.25) is 5.91 Å². The summed E-state index contributed by atoms with van der Waals surface area (Å²) in [5.74, 6) is -0.678. The largest absolute Gasteiger partial charge is 0.756 e. The summed E-state index contributed by atoms with van der Waals surface area (Å²) in [6, 6.07) is -0.937. The zero-order valence-corrected chi connectivity index (χ0v) is 46.1. The van der Waals surface area contributed by atoms with Crippen molar-refractivity contribution >= 4 is 19.7 Å². The van der Waals surface area contributed by atoms with Crippen LogP contribution < -0.4 is 10.2 Å². The van der Waals surface area contributed by atoms with Crippen LogP contribution in [-0.4, -0.2) is 69.4 Å². The lowest BCUT2D eigenvalue weighted by molar-refractivity contribution is -0.870. The number of phosphoric ester groups is 1. The van der Waals surface area contributed by atoms with Crippen LogP contribution in [0.15, 0.2) is 122 Å². The minimum absolute atomic E-state index is 0.0449. The summed E-state index contributed by atoms with van der Waals surface area (Å²) in [6.07, 6.45) is 67.6. The molecule has 0 radical (unpaired) electrons. The molecular formula is C60H101N2O7P. The number of likely N-dealkylation sites (N-methyl/N-ethyl adjacent to an activating group) is 1. The van der Waals surface area contributed by atoms with Crippen molar-refractivity contribution < 1.29 is 37.3 Å². The van der Waals surface area contributed by atoms with Crippen molar-refractivity contribution in [3.8, 4) is 0 Å². The molecule has 0 aliphatic heterocycles. The Bertz CT molecular complexity index is 1610. The van der Waals surface area contributed by atoms with E-state index in [0.717, 1.165) is 103 Å². The van der Waals surface area contributed by atoms with Crippen molar-refractivity contribution in [2.45, 2.75) is 206 Å². The third-order valence-corrected chi connectivity index (χ3v) is 12.1. The number of amides is 1. The topological polar surface area (TPSA) is 114 Å². The van der Waals surface area contributed by atoms with Gasteiger partial charge < -0.3 is 28.5 Å². The molecule has 1 amide bonds. The van der Waals surface area contributed by atoms with E-state index in [2.05, 4.69) is 123 Å². The zero-order chi connectivity index (χ0) is 51.5. The van der Waals surface area contributed by atoms with Gasteiger partial charge in [-0.3, -0.25) is 14.2 Å². The Morgan fingerprint density at radius 1 is 0.514 bits per heavy atom. The lowest BCUT2D eigenvalue weighted by Crippen LogP contribution is -2.47. The second kappa shape index (κ2) is 49.0. The van der Waals surface area contributed by atoms with Crippen LogP contribution in [0.25, 0.3) is 0 Å². The molecule has 3 unspecified atom stereocenters. The lowest BCUT2D eigenvalue weighted by Gasteiger charge is -2.30. The van der Waals surface area contributed by atoms with Crippen LogP contribution in [0.4, 0.5) is 0 Å².